The predicted octanol–water partition coefficient (Wildman–Crippen LogP) is 3.57. The van der Waals surface area contributed by atoms with E-state index in [1.165, 1.54) is 0 Å². The van der Waals surface area contributed by atoms with Gasteiger partial charge in [0.1, 0.15) is 0 Å². The number of nitrogens with one attached hydrogen (secondary N) is 1. The van der Waals surface area contributed by atoms with Gasteiger partial charge in [-0.25, -0.2) is 0 Å². The van der Waals surface area contributed by atoms with E-state index in [2.05, 4.69) is 31.2 Å². The van der Waals surface area contributed by atoms with Crippen LogP contribution in [0.5, 0.6) is 0 Å². The number of hydrogen-bond acceptors (Lipinski definition) is 3. The standard InChI is InChI=1S/C14H19N3OS/c1-9-6-12(10(2)19-9)13(18)16-11-7-15-17(8-11)14(3,4)5/h6-8H,1-5H3,(H,16,18). The average molecular weight is 277 g/mol. The maximum Gasteiger partial charge on any atom is 0.256 e. The van der Waals surface area contributed by atoms with Crippen molar-refractivity contribution in [3.63, 3.8) is 0 Å². The molecule has 1 N–H and O–H groups in total. The van der Waals surface area contributed by atoms with E-state index >= 15 is 0 Å². The monoisotopic (exact) mass is 277 g/mol. The Bertz CT molecular complexity index is 604. The molecule has 0 unspecified atom stereocenters. The van der Waals surface area contributed by atoms with Crippen molar-refractivity contribution in [2.75, 3.05) is 5.32 Å². The number of carbonyl (C=O) groups is 1. The topological polar surface area (TPSA) is 46.9 Å². The van der Waals surface area contributed by atoms with Crippen molar-refractivity contribution >= 4 is 22.9 Å². The largest absolute Gasteiger partial charge is 0.319 e. The van der Waals surface area contributed by atoms with Crippen LogP contribution in [0.15, 0.2) is 18.5 Å². The summed E-state index contributed by atoms with van der Waals surface area (Å²) in [6.45, 7) is 10.2. The summed E-state index contributed by atoms with van der Waals surface area (Å²) in [6, 6.07) is 1.92. The van der Waals surface area contributed by atoms with Gasteiger partial charge in [0, 0.05) is 16.0 Å². The van der Waals surface area contributed by atoms with E-state index in [4.69, 9.17) is 0 Å². The Labute approximate surface area is 117 Å². The molecule has 0 radical (unpaired) electrons. The average Bonchev–Trinajstić information content (AvgIpc) is 2.84. The summed E-state index contributed by atoms with van der Waals surface area (Å²) >= 11 is 1.64. The maximum absolute atomic E-state index is 12.2. The van der Waals surface area contributed by atoms with Gasteiger partial charge in [-0.3, -0.25) is 9.48 Å². The minimum absolute atomic E-state index is 0.0738. The van der Waals surface area contributed by atoms with Gasteiger partial charge in [-0.2, -0.15) is 5.10 Å². The molecule has 0 aliphatic carbocycles. The van der Waals surface area contributed by atoms with E-state index in [9.17, 15) is 4.79 Å². The predicted molar refractivity (Wildman–Crippen MR) is 79.0 cm³/mol. The van der Waals surface area contributed by atoms with Gasteiger partial charge in [0.2, 0.25) is 0 Å². The number of nitrogens with zero attached hydrogens (tertiary/aromatic N) is 2. The second-order valence-electron chi connectivity index (χ2n) is 5.63. The zero-order valence-electron chi connectivity index (χ0n) is 11.9. The van der Waals surface area contributed by atoms with Gasteiger partial charge in [0.05, 0.1) is 23.0 Å². The molecule has 2 aromatic heterocycles. The third kappa shape index (κ3) is 3.04. The van der Waals surface area contributed by atoms with Crippen molar-refractivity contribution in [3.8, 4) is 0 Å². The van der Waals surface area contributed by atoms with Crippen LogP contribution in [-0.4, -0.2) is 15.7 Å². The molecular formula is C14H19N3OS. The Morgan fingerprint density at radius 1 is 1.37 bits per heavy atom. The summed E-state index contributed by atoms with van der Waals surface area (Å²) in [5, 5.41) is 7.16. The lowest BCUT2D eigenvalue weighted by Gasteiger charge is -2.18. The van der Waals surface area contributed by atoms with Crippen LogP contribution in [0.4, 0.5) is 5.69 Å². The highest BCUT2D eigenvalue weighted by Crippen LogP contribution is 2.22. The molecule has 0 aliphatic heterocycles. The number of carbonyl (C=O) groups excluding carboxylic acids is 1. The van der Waals surface area contributed by atoms with Crippen molar-refractivity contribution < 1.29 is 4.79 Å². The van der Waals surface area contributed by atoms with Gasteiger partial charge < -0.3 is 5.32 Å². The first-order valence-corrected chi connectivity index (χ1v) is 7.02. The highest BCUT2D eigenvalue weighted by molar-refractivity contribution is 7.12. The lowest BCUT2D eigenvalue weighted by atomic mass is 10.1. The zero-order chi connectivity index (χ0) is 14.2. The third-order valence-electron chi connectivity index (χ3n) is 2.81. The van der Waals surface area contributed by atoms with Gasteiger partial charge >= 0.3 is 0 Å². The first-order valence-electron chi connectivity index (χ1n) is 6.21. The summed E-state index contributed by atoms with van der Waals surface area (Å²) in [5.41, 5.74) is 1.38. The molecule has 0 aromatic carbocycles. The molecule has 0 saturated carbocycles. The van der Waals surface area contributed by atoms with Crippen molar-refractivity contribution in [3.05, 3.63) is 33.8 Å². The molecule has 2 heterocycles. The molecule has 4 nitrogen and oxygen atoms in total. The van der Waals surface area contributed by atoms with Gasteiger partial charge in [0.25, 0.3) is 5.91 Å². The number of aryl methyl sites for hydroxylation is 2. The SMILES string of the molecule is Cc1cc(C(=O)Nc2cnn(C(C)(C)C)c2)c(C)s1. The van der Waals surface area contributed by atoms with E-state index in [1.807, 2.05) is 30.8 Å². The molecule has 102 valence electrons. The second kappa shape index (κ2) is 4.81. The smallest absolute Gasteiger partial charge is 0.256 e. The molecular weight excluding hydrogens is 258 g/mol. The van der Waals surface area contributed by atoms with Gasteiger partial charge in [-0.1, -0.05) is 0 Å². The fourth-order valence-electron chi connectivity index (χ4n) is 1.81. The molecule has 2 rings (SSSR count). The Morgan fingerprint density at radius 3 is 2.53 bits per heavy atom. The normalized spacial score (nSPS) is 11.6. The van der Waals surface area contributed by atoms with E-state index in [1.54, 1.807) is 17.5 Å². The lowest BCUT2D eigenvalue weighted by molar-refractivity contribution is 0.102. The number of hydrogen-bond donors (Lipinski definition) is 1. The van der Waals surface area contributed by atoms with Gasteiger partial charge in [0.15, 0.2) is 0 Å². The van der Waals surface area contributed by atoms with Gasteiger partial charge in [-0.15, -0.1) is 11.3 Å². The van der Waals surface area contributed by atoms with Crippen molar-refractivity contribution in [2.24, 2.45) is 0 Å². The van der Waals surface area contributed by atoms with Crippen LogP contribution in [0.25, 0.3) is 0 Å². The van der Waals surface area contributed by atoms with E-state index < -0.39 is 0 Å². The highest BCUT2D eigenvalue weighted by Gasteiger charge is 2.16. The van der Waals surface area contributed by atoms with Crippen LogP contribution < -0.4 is 5.32 Å². The summed E-state index contributed by atoms with van der Waals surface area (Å²) in [5.74, 6) is -0.0738. The van der Waals surface area contributed by atoms with Crippen molar-refractivity contribution in [1.29, 1.82) is 0 Å². The summed E-state index contributed by atoms with van der Waals surface area (Å²) < 4.78 is 1.84. The quantitative estimate of drug-likeness (QED) is 0.912. The maximum atomic E-state index is 12.2. The molecule has 0 saturated heterocycles. The molecule has 19 heavy (non-hydrogen) atoms. The Balaban J connectivity index is 2.16. The number of anilines is 1. The molecule has 0 atom stereocenters. The molecule has 1 amide bonds. The van der Waals surface area contributed by atoms with Crippen LogP contribution in [-0.2, 0) is 5.54 Å². The Kier molecular flexibility index (Phi) is 3.49. The number of thiophene rings is 1. The summed E-state index contributed by atoms with van der Waals surface area (Å²) in [6.07, 6.45) is 3.53. The van der Waals surface area contributed by atoms with Crippen LogP contribution in [0.1, 0.15) is 40.9 Å². The van der Waals surface area contributed by atoms with Crippen LogP contribution in [0.2, 0.25) is 0 Å². The van der Waals surface area contributed by atoms with Gasteiger partial charge in [-0.05, 0) is 40.7 Å². The minimum atomic E-state index is -0.0855. The fraction of sp³-hybridized carbons (Fsp3) is 0.429. The number of amides is 1. The first-order chi connectivity index (χ1) is 8.77. The highest BCUT2D eigenvalue weighted by atomic mass is 32.1. The first kappa shape index (κ1) is 13.8. The Hall–Kier alpha value is -1.62. The number of aromatic nitrogens is 2. The third-order valence-corrected chi connectivity index (χ3v) is 3.78. The molecule has 0 bridgehead atoms. The Morgan fingerprint density at radius 2 is 2.05 bits per heavy atom. The zero-order valence-corrected chi connectivity index (χ0v) is 12.8. The molecule has 0 fully saturated rings. The van der Waals surface area contributed by atoms with Crippen LogP contribution in [0.3, 0.4) is 0 Å². The molecule has 5 heteroatoms. The van der Waals surface area contributed by atoms with E-state index in [0.29, 0.717) is 0 Å². The van der Waals surface area contributed by atoms with E-state index in [0.717, 1.165) is 21.0 Å². The molecule has 0 spiro atoms. The van der Waals surface area contributed by atoms with Crippen molar-refractivity contribution in [2.45, 2.75) is 40.2 Å². The fourth-order valence-corrected chi connectivity index (χ4v) is 2.73. The number of rotatable bonds is 2. The van der Waals surface area contributed by atoms with Crippen LogP contribution >= 0.6 is 11.3 Å². The lowest BCUT2D eigenvalue weighted by Crippen LogP contribution is -2.22. The summed E-state index contributed by atoms with van der Waals surface area (Å²) in [4.78, 5) is 14.4. The minimum Gasteiger partial charge on any atom is -0.319 e. The van der Waals surface area contributed by atoms with E-state index in [-0.39, 0.29) is 11.4 Å². The molecule has 0 aliphatic rings. The van der Waals surface area contributed by atoms with Crippen LogP contribution in [0, 0.1) is 13.8 Å². The molecule has 2 aromatic rings. The second-order valence-corrected chi connectivity index (χ2v) is 7.09. The summed E-state index contributed by atoms with van der Waals surface area (Å²) in [7, 11) is 0. The van der Waals surface area contributed by atoms with Crippen molar-refractivity contribution in [1.82, 2.24) is 9.78 Å².